The van der Waals surface area contributed by atoms with Crippen molar-refractivity contribution in [1.82, 2.24) is 29.8 Å². The molecule has 0 radical (unpaired) electrons. The standard InChI is InChI=1S/C24H27N9S/c1-4-32-11-16-8-15(32)12-33(16)24-27-14(3)7-21(31-24)30-20-9-17-18(10-26-20)34-23(28-17)22-13(2)5-6-19(25)29-22/h5-7,9-10,15-16H,4,8,11-12H2,1-3H3,(H2,25,29)(H,26,27,30,31)/t15-,16-/m0/s1. The minimum atomic E-state index is 0.490. The number of thiazole rings is 1. The highest BCUT2D eigenvalue weighted by molar-refractivity contribution is 7.21. The molecule has 4 aromatic heterocycles. The molecule has 0 amide bonds. The molecule has 2 aliphatic rings. The number of likely N-dealkylation sites (tertiary alicyclic amines) is 1. The third kappa shape index (κ3) is 3.72. The molecular formula is C24H27N9S. The molecule has 2 bridgehead atoms. The van der Waals surface area contributed by atoms with Crippen LogP contribution in [0.4, 0.5) is 23.4 Å². The van der Waals surface area contributed by atoms with Gasteiger partial charge in [0.05, 0.1) is 10.2 Å². The van der Waals surface area contributed by atoms with Crippen molar-refractivity contribution in [2.75, 3.05) is 35.6 Å². The zero-order valence-electron chi connectivity index (χ0n) is 19.5. The molecule has 0 aromatic carbocycles. The van der Waals surface area contributed by atoms with Crippen LogP contribution in [0.3, 0.4) is 0 Å². The molecule has 0 unspecified atom stereocenters. The fraction of sp³-hybridized carbons (Fsp3) is 0.375. The Kier molecular flexibility index (Phi) is 5.07. The molecule has 34 heavy (non-hydrogen) atoms. The van der Waals surface area contributed by atoms with Gasteiger partial charge in [-0.05, 0) is 38.4 Å². The molecule has 10 heteroatoms. The molecule has 3 N–H and O–H groups in total. The van der Waals surface area contributed by atoms with E-state index in [-0.39, 0.29) is 0 Å². The van der Waals surface area contributed by atoms with Crippen LogP contribution in [0.1, 0.15) is 24.6 Å². The Bertz CT molecular complexity index is 1380. The van der Waals surface area contributed by atoms with Crippen molar-refractivity contribution in [2.24, 2.45) is 0 Å². The number of nitrogens with one attached hydrogen (secondary N) is 1. The first kappa shape index (κ1) is 21.2. The number of likely N-dealkylation sites (N-methyl/N-ethyl adjacent to an activating group) is 1. The number of anilines is 4. The first-order chi connectivity index (χ1) is 16.5. The maximum Gasteiger partial charge on any atom is 0.227 e. The second-order valence-corrected chi connectivity index (χ2v) is 10.1. The Morgan fingerprint density at radius 2 is 1.94 bits per heavy atom. The average molecular weight is 474 g/mol. The number of nitrogens with two attached hydrogens (primary N) is 1. The Hall–Kier alpha value is -3.37. The third-order valence-corrected chi connectivity index (χ3v) is 7.72. The molecule has 174 valence electrons. The fourth-order valence-corrected chi connectivity index (χ4v) is 5.99. The molecule has 2 aliphatic heterocycles. The van der Waals surface area contributed by atoms with Crippen LogP contribution in [0.15, 0.2) is 30.5 Å². The van der Waals surface area contributed by atoms with Gasteiger partial charge in [-0.25, -0.2) is 19.9 Å². The quantitative estimate of drug-likeness (QED) is 0.448. The van der Waals surface area contributed by atoms with Gasteiger partial charge in [0.25, 0.3) is 0 Å². The van der Waals surface area contributed by atoms with Crippen molar-refractivity contribution < 1.29 is 0 Å². The highest BCUT2D eigenvalue weighted by atomic mass is 32.1. The summed E-state index contributed by atoms with van der Waals surface area (Å²) in [4.78, 5) is 28.4. The highest BCUT2D eigenvalue weighted by Gasteiger charge is 2.43. The highest BCUT2D eigenvalue weighted by Crippen LogP contribution is 2.34. The summed E-state index contributed by atoms with van der Waals surface area (Å²) in [6.45, 7) is 9.44. The van der Waals surface area contributed by atoms with Gasteiger partial charge in [-0.2, -0.15) is 4.98 Å². The summed E-state index contributed by atoms with van der Waals surface area (Å²) < 4.78 is 0.998. The number of hydrogen-bond acceptors (Lipinski definition) is 10. The van der Waals surface area contributed by atoms with Crippen molar-refractivity contribution >= 4 is 45.0 Å². The van der Waals surface area contributed by atoms with E-state index in [0.29, 0.717) is 23.7 Å². The maximum absolute atomic E-state index is 5.90. The Labute approximate surface area is 202 Å². The van der Waals surface area contributed by atoms with E-state index in [1.54, 1.807) is 17.4 Å². The van der Waals surface area contributed by atoms with Crippen molar-refractivity contribution in [3.63, 3.8) is 0 Å². The number of aromatic nitrogens is 5. The van der Waals surface area contributed by atoms with E-state index in [1.807, 2.05) is 38.2 Å². The van der Waals surface area contributed by atoms with Gasteiger partial charge in [0.2, 0.25) is 5.95 Å². The Balaban J connectivity index is 1.26. The summed E-state index contributed by atoms with van der Waals surface area (Å²) in [5, 5.41) is 4.20. The van der Waals surface area contributed by atoms with Crippen molar-refractivity contribution in [3.05, 3.63) is 41.7 Å². The lowest BCUT2D eigenvalue weighted by atomic mass is 10.2. The molecule has 0 saturated carbocycles. The molecule has 6 heterocycles. The van der Waals surface area contributed by atoms with Crippen molar-refractivity contribution in [3.8, 4) is 10.7 Å². The molecule has 4 aromatic rings. The van der Waals surface area contributed by atoms with E-state index in [9.17, 15) is 0 Å². The summed E-state index contributed by atoms with van der Waals surface area (Å²) >= 11 is 1.56. The SMILES string of the molecule is CCN1C[C@@H]2C[C@H]1CN2c1nc(C)cc(Nc2cc3nc(-c4nc(N)ccc4C)sc3cn2)n1. The van der Waals surface area contributed by atoms with Crippen LogP contribution in [0.25, 0.3) is 20.9 Å². The molecule has 0 spiro atoms. The normalized spacial score (nSPS) is 19.9. The zero-order chi connectivity index (χ0) is 23.4. The first-order valence-corrected chi connectivity index (χ1v) is 12.4. The van der Waals surface area contributed by atoms with E-state index in [4.69, 9.17) is 20.7 Å². The number of piperazine rings is 1. The average Bonchev–Trinajstić information content (AvgIpc) is 3.53. The van der Waals surface area contributed by atoms with Crippen LogP contribution < -0.4 is 16.0 Å². The minimum Gasteiger partial charge on any atom is -0.384 e. The van der Waals surface area contributed by atoms with Gasteiger partial charge in [-0.3, -0.25) is 4.90 Å². The van der Waals surface area contributed by atoms with Gasteiger partial charge in [0, 0.05) is 49.2 Å². The largest absolute Gasteiger partial charge is 0.384 e. The predicted octanol–water partition coefficient (Wildman–Crippen LogP) is 3.77. The van der Waals surface area contributed by atoms with E-state index in [0.717, 1.165) is 63.6 Å². The van der Waals surface area contributed by atoms with Gasteiger partial charge in [0.15, 0.2) is 0 Å². The number of pyridine rings is 2. The summed E-state index contributed by atoms with van der Waals surface area (Å²) in [5.41, 5.74) is 9.55. The van der Waals surface area contributed by atoms with Gasteiger partial charge in [-0.15, -0.1) is 11.3 Å². The monoisotopic (exact) mass is 473 g/mol. The van der Waals surface area contributed by atoms with E-state index in [2.05, 4.69) is 32.0 Å². The third-order valence-electron chi connectivity index (χ3n) is 6.71. The van der Waals surface area contributed by atoms with Crippen LogP contribution >= 0.6 is 11.3 Å². The van der Waals surface area contributed by atoms with E-state index < -0.39 is 0 Å². The molecule has 9 nitrogen and oxygen atoms in total. The number of hydrogen-bond donors (Lipinski definition) is 2. The molecule has 2 saturated heterocycles. The Morgan fingerprint density at radius 1 is 1.06 bits per heavy atom. The zero-order valence-corrected chi connectivity index (χ0v) is 20.3. The lowest BCUT2D eigenvalue weighted by Gasteiger charge is -2.33. The lowest BCUT2D eigenvalue weighted by Crippen LogP contribution is -2.46. The summed E-state index contributed by atoms with van der Waals surface area (Å²) in [6, 6.07) is 8.78. The van der Waals surface area contributed by atoms with Gasteiger partial charge >= 0.3 is 0 Å². The van der Waals surface area contributed by atoms with Crippen molar-refractivity contribution in [2.45, 2.75) is 39.3 Å². The van der Waals surface area contributed by atoms with Gasteiger partial charge in [-0.1, -0.05) is 13.0 Å². The Morgan fingerprint density at radius 3 is 2.74 bits per heavy atom. The predicted molar refractivity (Wildman–Crippen MR) is 137 cm³/mol. The van der Waals surface area contributed by atoms with Gasteiger partial charge in [0.1, 0.15) is 28.2 Å². The van der Waals surface area contributed by atoms with E-state index >= 15 is 0 Å². The number of fused-ring (bicyclic) bond motifs is 3. The maximum atomic E-state index is 5.90. The second kappa shape index (κ2) is 8.14. The van der Waals surface area contributed by atoms with Crippen LogP contribution in [-0.4, -0.2) is 61.5 Å². The lowest BCUT2D eigenvalue weighted by molar-refractivity contribution is 0.250. The minimum absolute atomic E-state index is 0.490. The van der Waals surface area contributed by atoms with Crippen LogP contribution in [-0.2, 0) is 0 Å². The van der Waals surface area contributed by atoms with Crippen LogP contribution in [0.2, 0.25) is 0 Å². The van der Waals surface area contributed by atoms with Crippen molar-refractivity contribution in [1.29, 1.82) is 0 Å². The number of nitrogen functional groups attached to an aromatic ring is 1. The fourth-order valence-electron chi connectivity index (χ4n) is 5.02. The molecule has 2 fully saturated rings. The van der Waals surface area contributed by atoms with Crippen LogP contribution in [0.5, 0.6) is 0 Å². The summed E-state index contributed by atoms with van der Waals surface area (Å²) in [5.74, 6) is 2.73. The van der Waals surface area contributed by atoms with E-state index in [1.165, 1.54) is 6.42 Å². The first-order valence-electron chi connectivity index (χ1n) is 11.6. The second-order valence-electron chi connectivity index (χ2n) is 9.06. The molecule has 6 rings (SSSR count). The van der Waals surface area contributed by atoms with Crippen LogP contribution in [0, 0.1) is 13.8 Å². The number of rotatable bonds is 5. The summed E-state index contributed by atoms with van der Waals surface area (Å²) in [6.07, 6.45) is 3.04. The molecular weight excluding hydrogens is 446 g/mol. The molecule has 2 atom stereocenters. The number of aryl methyl sites for hydroxylation is 2. The topological polar surface area (TPSA) is 109 Å². The number of nitrogens with zero attached hydrogens (tertiary/aromatic N) is 7. The molecule has 0 aliphatic carbocycles. The summed E-state index contributed by atoms with van der Waals surface area (Å²) in [7, 11) is 0. The smallest absolute Gasteiger partial charge is 0.227 e. The van der Waals surface area contributed by atoms with Gasteiger partial charge < -0.3 is 16.0 Å².